The standard InChI is InChI=1S/C15H26O2/c1-15(2,10-4-3-5-12(16)8-10)11-6-7-13-14(9-11)17-13/h10-14,16H,3-9H2,1-2H3. The van der Waals surface area contributed by atoms with Gasteiger partial charge < -0.3 is 9.84 Å². The first-order valence-corrected chi connectivity index (χ1v) is 7.41. The molecule has 1 aliphatic heterocycles. The van der Waals surface area contributed by atoms with Crippen molar-refractivity contribution in [3.8, 4) is 0 Å². The summed E-state index contributed by atoms with van der Waals surface area (Å²) in [5.41, 5.74) is 0.387. The summed E-state index contributed by atoms with van der Waals surface area (Å²) < 4.78 is 5.66. The van der Waals surface area contributed by atoms with Crippen LogP contribution in [0.2, 0.25) is 0 Å². The molecule has 1 N–H and O–H groups in total. The normalized spacial score (nSPS) is 46.4. The Balaban J connectivity index is 1.66. The topological polar surface area (TPSA) is 32.8 Å². The van der Waals surface area contributed by atoms with E-state index in [1.165, 1.54) is 32.1 Å². The molecule has 2 aliphatic carbocycles. The minimum Gasteiger partial charge on any atom is -0.393 e. The van der Waals surface area contributed by atoms with E-state index in [0.29, 0.717) is 23.5 Å². The lowest BCUT2D eigenvalue weighted by molar-refractivity contribution is 0.0119. The Morgan fingerprint density at radius 2 is 1.71 bits per heavy atom. The Labute approximate surface area is 105 Å². The van der Waals surface area contributed by atoms with Crippen LogP contribution in [0.5, 0.6) is 0 Å². The molecule has 98 valence electrons. The van der Waals surface area contributed by atoms with Gasteiger partial charge in [0.1, 0.15) is 0 Å². The predicted molar refractivity (Wildman–Crippen MR) is 67.7 cm³/mol. The fourth-order valence-electron chi connectivity index (χ4n) is 4.25. The van der Waals surface area contributed by atoms with Gasteiger partial charge in [0, 0.05) is 0 Å². The lowest BCUT2D eigenvalue weighted by Crippen LogP contribution is -2.38. The first-order chi connectivity index (χ1) is 8.07. The van der Waals surface area contributed by atoms with Gasteiger partial charge in [0.2, 0.25) is 0 Å². The van der Waals surface area contributed by atoms with Gasteiger partial charge in [0.15, 0.2) is 0 Å². The van der Waals surface area contributed by atoms with Crippen LogP contribution in [0, 0.1) is 17.3 Å². The minimum absolute atomic E-state index is 0.0402. The van der Waals surface area contributed by atoms with Crippen LogP contribution in [0.1, 0.15) is 58.8 Å². The maximum Gasteiger partial charge on any atom is 0.0844 e. The van der Waals surface area contributed by atoms with E-state index in [4.69, 9.17) is 4.74 Å². The summed E-state index contributed by atoms with van der Waals surface area (Å²) in [6.07, 6.45) is 9.60. The lowest BCUT2D eigenvalue weighted by Gasteiger charge is -2.45. The van der Waals surface area contributed by atoms with E-state index in [-0.39, 0.29) is 6.10 Å². The van der Waals surface area contributed by atoms with Crippen molar-refractivity contribution in [2.45, 2.75) is 77.1 Å². The summed E-state index contributed by atoms with van der Waals surface area (Å²) in [4.78, 5) is 0. The summed E-state index contributed by atoms with van der Waals surface area (Å²) in [5, 5.41) is 9.88. The number of fused-ring (bicyclic) bond motifs is 1. The molecule has 3 rings (SSSR count). The molecule has 0 aromatic carbocycles. The Bertz CT molecular complexity index is 279. The van der Waals surface area contributed by atoms with Crippen LogP contribution in [0.4, 0.5) is 0 Å². The van der Waals surface area contributed by atoms with Crippen LogP contribution in [-0.4, -0.2) is 23.4 Å². The van der Waals surface area contributed by atoms with Crippen molar-refractivity contribution in [2.75, 3.05) is 0 Å². The number of hydrogen-bond acceptors (Lipinski definition) is 2. The maximum absolute atomic E-state index is 9.88. The number of aliphatic hydroxyl groups is 1. The third-order valence-corrected chi connectivity index (χ3v) is 5.76. The largest absolute Gasteiger partial charge is 0.393 e. The Hall–Kier alpha value is -0.0800. The Morgan fingerprint density at radius 3 is 2.41 bits per heavy atom. The molecule has 2 saturated carbocycles. The van der Waals surface area contributed by atoms with E-state index in [1.54, 1.807) is 0 Å². The van der Waals surface area contributed by atoms with Crippen molar-refractivity contribution in [1.82, 2.24) is 0 Å². The molecule has 0 spiro atoms. The molecule has 2 nitrogen and oxygen atoms in total. The summed E-state index contributed by atoms with van der Waals surface area (Å²) in [5.74, 6) is 1.52. The number of hydrogen-bond donors (Lipinski definition) is 1. The zero-order chi connectivity index (χ0) is 12.0. The first-order valence-electron chi connectivity index (χ1n) is 7.41. The lowest BCUT2D eigenvalue weighted by atomic mass is 9.60. The van der Waals surface area contributed by atoms with Gasteiger partial charge in [0.05, 0.1) is 18.3 Å². The highest BCUT2D eigenvalue weighted by atomic mass is 16.6. The van der Waals surface area contributed by atoms with Crippen LogP contribution >= 0.6 is 0 Å². The molecule has 2 heteroatoms. The zero-order valence-electron chi connectivity index (χ0n) is 11.2. The highest BCUT2D eigenvalue weighted by Gasteiger charge is 2.49. The molecular weight excluding hydrogens is 212 g/mol. The quantitative estimate of drug-likeness (QED) is 0.750. The minimum atomic E-state index is -0.0402. The van der Waals surface area contributed by atoms with Crippen LogP contribution in [-0.2, 0) is 4.74 Å². The summed E-state index contributed by atoms with van der Waals surface area (Å²) >= 11 is 0. The predicted octanol–water partition coefficient (Wildman–Crippen LogP) is 3.13. The third-order valence-electron chi connectivity index (χ3n) is 5.76. The molecule has 17 heavy (non-hydrogen) atoms. The second-order valence-electron chi connectivity index (χ2n) is 7.06. The molecule has 1 saturated heterocycles. The summed E-state index contributed by atoms with van der Waals surface area (Å²) in [6.45, 7) is 4.87. The number of epoxide rings is 1. The molecule has 0 bridgehead atoms. The van der Waals surface area contributed by atoms with Crippen molar-refractivity contribution in [3.05, 3.63) is 0 Å². The zero-order valence-corrected chi connectivity index (χ0v) is 11.2. The third kappa shape index (κ3) is 2.26. The van der Waals surface area contributed by atoms with Crippen molar-refractivity contribution in [3.63, 3.8) is 0 Å². The van der Waals surface area contributed by atoms with E-state index >= 15 is 0 Å². The molecule has 0 amide bonds. The smallest absolute Gasteiger partial charge is 0.0844 e. The van der Waals surface area contributed by atoms with Crippen molar-refractivity contribution in [2.24, 2.45) is 17.3 Å². The molecule has 5 unspecified atom stereocenters. The van der Waals surface area contributed by atoms with Gasteiger partial charge in [-0.05, 0) is 55.8 Å². The van der Waals surface area contributed by atoms with Gasteiger partial charge in [0.25, 0.3) is 0 Å². The van der Waals surface area contributed by atoms with Crippen molar-refractivity contribution >= 4 is 0 Å². The number of rotatable bonds is 2. The SMILES string of the molecule is CC(C)(C1CCCC(O)C1)C1CCC2OC2C1. The second kappa shape index (κ2) is 4.24. The highest BCUT2D eigenvalue weighted by molar-refractivity contribution is 4.98. The van der Waals surface area contributed by atoms with Gasteiger partial charge >= 0.3 is 0 Å². The van der Waals surface area contributed by atoms with Gasteiger partial charge in [-0.1, -0.05) is 20.3 Å². The van der Waals surface area contributed by atoms with E-state index < -0.39 is 0 Å². The molecule has 3 fully saturated rings. The Kier molecular flexibility index (Phi) is 2.99. The van der Waals surface area contributed by atoms with E-state index in [0.717, 1.165) is 18.8 Å². The van der Waals surface area contributed by atoms with Gasteiger partial charge in [-0.15, -0.1) is 0 Å². The van der Waals surface area contributed by atoms with E-state index in [2.05, 4.69) is 13.8 Å². The summed E-state index contributed by atoms with van der Waals surface area (Å²) in [6, 6.07) is 0. The van der Waals surface area contributed by atoms with Gasteiger partial charge in [-0.2, -0.15) is 0 Å². The average molecular weight is 238 g/mol. The van der Waals surface area contributed by atoms with Gasteiger partial charge in [-0.3, -0.25) is 0 Å². The fraction of sp³-hybridized carbons (Fsp3) is 1.00. The van der Waals surface area contributed by atoms with Crippen molar-refractivity contribution < 1.29 is 9.84 Å². The molecule has 5 atom stereocenters. The number of aliphatic hydroxyl groups excluding tert-OH is 1. The molecule has 3 aliphatic rings. The number of ether oxygens (including phenoxy) is 1. The van der Waals surface area contributed by atoms with Crippen LogP contribution in [0.15, 0.2) is 0 Å². The van der Waals surface area contributed by atoms with Crippen LogP contribution in [0.25, 0.3) is 0 Å². The second-order valence-corrected chi connectivity index (χ2v) is 7.06. The first kappa shape index (κ1) is 12.0. The fourth-order valence-corrected chi connectivity index (χ4v) is 4.25. The average Bonchev–Trinajstić information content (AvgIpc) is 3.06. The van der Waals surface area contributed by atoms with Crippen LogP contribution in [0.3, 0.4) is 0 Å². The van der Waals surface area contributed by atoms with Crippen molar-refractivity contribution in [1.29, 1.82) is 0 Å². The molecular formula is C15H26O2. The van der Waals surface area contributed by atoms with E-state index in [9.17, 15) is 5.11 Å². The van der Waals surface area contributed by atoms with Gasteiger partial charge in [-0.25, -0.2) is 0 Å². The highest BCUT2D eigenvalue weighted by Crippen LogP contribution is 2.51. The van der Waals surface area contributed by atoms with Crippen LogP contribution < -0.4 is 0 Å². The molecule has 0 aromatic rings. The Morgan fingerprint density at radius 1 is 0.941 bits per heavy atom. The maximum atomic E-state index is 9.88. The molecule has 0 radical (unpaired) electrons. The monoisotopic (exact) mass is 238 g/mol. The summed E-state index contributed by atoms with van der Waals surface area (Å²) in [7, 11) is 0. The molecule has 0 aromatic heterocycles. The molecule has 1 heterocycles. The van der Waals surface area contributed by atoms with E-state index in [1.807, 2.05) is 0 Å².